The molecule has 3 rings (SSSR count). The fraction of sp³-hybridized carbons (Fsp3) is 0.571. The monoisotopic (exact) mass is 276 g/mol. The van der Waals surface area contributed by atoms with E-state index in [1.165, 1.54) is 47.6 Å². The lowest BCUT2D eigenvalue weighted by atomic mass is 9.97. The third-order valence-electron chi connectivity index (χ3n) is 4.01. The van der Waals surface area contributed by atoms with Gasteiger partial charge in [0.05, 0.1) is 29.1 Å². The van der Waals surface area contributed by atoms with Crippen LogP contribution in [0, 0.1) is 13.8 Å². The van der Waals surface area contributed by atoms with Gasteiger partial charge in [-0.15, -0.1) is 11.3 Å². The molecule has 0 spiro atoms. The maximum atomic E-state index is 4.36. The van der Waals surface area contributed by atoms with E-state index < -0.39 is 0 Å². The first-order valence-electron chi connectivity index (χ1n) is 6.88. The van der Waals surface area contributed by atoms with Crippen LogP contribution in [0.1, 0.15) is 47.1 Å². The maximum absolute atomic E-state index is 4.36. The van der Waals surface area contributed by atoms with Crippen molar-refractivity contribution in [1.82, 2.24) is 20.1 Å². The number of nitrogens with one attached hydrogen (secondary N) is 1. The highest BCUT2D eigenvalue weighted by Crippen LogP contribution is 2.33. The third kappa shape index (κ3) is 2.58. The van der Waals surface area contributed by atoms with Crippen molar-refractivity contribution in [3.8, 4) is 0 Å². The summed E-state index contributed by atoms with van der Waals surface area (Å²) in [6.45, 7) is 6.43. The Kier molecular flexibility index (Phi) is 3.66. The molecule has 0 amide bonds. The van der Waals surface area contributed by atoms with E-state index in [1.807, 2.05) is 11.7 Å². The zero-order valence-corrected chi connectivity index (χ0v) is 12.3. The minimum atomic E-state index is 0.484. The number of aromatic amines is 1. The molecule has 1 atom stereocenters. The molecule has 4 nitrogen and oxygen atoms in total. The Morgan fingerprint density at radius 1 is 1.42 bits per heavy atom. The van der Waals surface area contributed by atoms with E-state index in [0.29, 0.717) is 6.04 Å². The summed E-state index contributed by atoms with van der Waals surface area (Å²) in [5.41, 5.74) is 5.70. The molecule has 2 aromatic heterocycles. The molecule has 0 aliphatic carbocycles. The predicted octanol–water partition coefficient (Wildman–Crippen LogP) is 3.21. The van der Waals surface area contributed by atoms with Crippen LogP contribution in [0.3, 0.4) is 0 Å². The summed E-state index contributed by atoms with van der Waals surface area (Å²) in [6.07, 6.45) is 5.75. The number of piperidine rings is 1. The summed E-state index contributed by atoms with van der Waals surface area (Å²) in [4.78, 5) is 8.33. The zero-order valence-electron chi connectivity index (χ0n) is 11.5. The van der Waals surface area contributed by atoms with Crippen LogP contribution in [0.2, 0.25) is 0 Å². The number of nitrogens with zero attached hydrogens (tertiary/aromatic N) is 3. The van der Waals surface area contributed by atoms with Gasteiger partial charge in [-0.05, 0) is 38.8 Å². The zero-order chi connectivity index (χ0) is 13.2. The molecule has 3 heterocycles. The number of likely N-dealkylation sites (tertiary alicyclic amines) is 1. The molecular weight excluding hydrogens is 256 g/mol. The largest absolute Gasteiger partial charge is 0.290 e. The topological polar surface area (TPSA) is 44.8 Å². The van der Waals surface area contributed by atoms with Gasteiger partial charge in [-0.25, -0.2) is 4.98 Å². The van der Waals surface area contributed by atoms with Crippen LogP contribution in [0.25, 0.3) is 0 Å². The van der Waals surface area contributed by atoms with Crippen LogP contribution < -0.4 is 0 Å². The van der Waals surface area contributed by atoms with Crippen molar-refractivity contribution in [3.05, 3.63) is 33.5 Å². The molecule has 0 aromatic carbocycles. The minimum Gasteiger partial charge on any atom is -0.290 e. The van der Waals surface area contributed by atoms with Gasteiger partial charge in [0.15, 0.2) is 0 Å². The van der Waals surface area contributed by atoms with Crippen molar-refractivity contribution >= 4 is 11.3 Å². The van der Waals surface area contributed by atoms with E-state index >= 15 is 0 Å². The number of aryl methyl sites for hydroxylation is 2. The van der Waals surface area contributed by atoms with Gasteiger partial charge in [-0.2, -0.15) is 5.10 Å². The van der Waals surface area contributed by atoms with E-state index in [2.05, 4.69) is 33.9 Å². The van der Waals surface area contributed by atoms with Crippen molar-refractivity contribution in [1.29, 1.82) is 0 Å². The molecule has 5 heteroatoms. The summed E-state index contributed by atoms with van der Waals surface area (Å²) in [5.74, 6) is 0. The van der Waals surface area contributed by atoms with Gasteiger partial charge in [0, 0.05) is 11.4 Å². The van der Waals surface area contributed by atoms with Crippen LogP contribution in [0.4, 0.5) is 0 Å². The van der Waals surface area contributed by atoms with Crippen LogP contribution in [0.5, 0.6) is 0 Å². The van der Waals surface area contributed by atoms with Crippen molar-refractivity contribution < 1.29 is 0 Å². The second-order valence-corrected chi connectivity index (χ2v) is 6.25. The number of hydrogen-bond donors (Lipinski definition) is 1. The Balaban J connectivity index is 1.82. The van der Waals surface area contributed by atoms with Crippen molar-refractivity contribution in [3.63, 3.8) is 0 Å². The second kappa shape index (κ2) is 5.43. The van der Waals surface area contributed by atoms with Gasteiger partial charge in [0.2, 0.25) is 0 Å². The Bertz CT molecular complexity index is 545. The van der Waals surface area contributed by atoms with Gasteiger partial charge in [0.25, 0.3) is 0 Å². The molecule has 1 saturated heterocycles. The third-order valence-corrected chi connectivity index (χ3v) is 4.93. The molecule has 2 aromatic rings. The van der Waals surface area contributed by atoms with Gasteiger partial charge in [-0.3, -0.25) is 10.00 Å². The second-order valence-electron chi connectivity index (χ2n) is 5.31. The van der Waals surface area contributed by atoms with Gasteiger partial charge in [0.1, 0.15) is 0 Å². The van der Waals surface area contributed by atoms with Gasteiger partial charge < -0.3 is 0 Å². The Morgan fingerprint density at radius 2 is 2.32 bits per heavy atom. The SMILES string of the molecule is Cc1cn[nH]c1[C@@H]1CCCCN1Cc1scnc1C. The first-order valence-corrected chi connectivity index (χ1v) is 7.76. The lowest BCUT2D eigenvalue weighted by Gasteiger charge is -2.35. The fourth-order valence-corrected chi connectivity index (χ4v) is 3.66. The molecule has 1 aliphatic heterocycles. The predicted molar refractivity (Wildman–Crippen MR) is 77.2 cm³/mol. The summed E-state index contributed by atoms with van der Waals surface area (Å²) >= 11 is 1.77. The van der Waals surface area contributed by atoms with Crippen molar-refractivity contribution in [2.75, 3.05) is 6.54 Å². The molecule has 102 valence electrons. The highest BCUT2D eigenvalue weighted by molar-refractivity contribution is 7.09. The first-order chi connectivity index (χ1) is 9.25. The highest BCUT2D eigenvalue weighted by Gasteiger charge is 2.27. The first kappa shape index (κ1) is 12.8. The van der Waals surface area contributed by atoms with Crippen LogP contribution in [-0.4, -0.2) is 26.6 Å². The van der Waals surface area contributed by atoms with E-state index in [9.17, 15) is 0 Å². The molecule has 0 unspecified atom stereocenters. The summed E-state index contributed by atoms with van der Waals surface area (Å²) in [7, 11) is 0. The quantitative estimate of drug-likeness (QED) is 0.936. The molecule has 1 fully saturated rings. The molecule has 1 aliphatic rings. The van der Waals surface area contributed by atoms with E-state index in [4.69, 9.17) is 0 Å². The van der Waals surface area contributed by atoms with Gasteiger partial charge in [-0.1, -0.05) is 6.42 Å². The van der Waals surface area contributed by atoms with E-state index in [0.717, 1.165) is 6.54 Å². The Labute approximate surface area is 117 Å². The van der Waals surface area contributed by atoms with Crippen LogP contribution in [0.15, 0.2) is 11.7 Å². The lowest BCUT2D eigenvalue weighted by Crippen LogP contribution is -2.33. The standard InChI is InChI=1S/C14H20N4S/c1-10-7-16-17-14(10)12-5-3-4-6-18(12)8-13-11(2)15-9-19-13/h7,9,12H,3-6,8H2,1-2H3,(H,16,17)/t12-/m0/s1. The minimum absolute atomic E-state index is 0.484. The molecule has 0 saturated carbocycles. The lowest BCUT2D eigenvalue weighted by molar-refractivity contribution is 0.138. The summed E-state index contributed by atoms with van der Waals surface area (Å²) in [6, 6.07) is 0.484. The summed E-state index contributed by atoms with van der Waals surface area (Å²) in [5, 5.41) is 7.38. The number of aromatic nitrogens is 3. The van der Waals surface area contributed by atoms with E-state index in [1.54, 1.807) is 11.3 Å². The molecule has 19 heavy (non-hydrogen) atoms. The Hall–Kier alpha value is -1.20. The van der Waals surface area contributed by atoms with Crippen LogP contribution >= 0.6 is 11.3 Å². The normalized spacial score (nSPS) is 20.8. The maximum Gasteiger partial charge on any atom is 0.0798 e. The molecular formula is C14H20N4S. The highest BCUT2D eigenvalue weighted by atomic mass is 32.1. The summed E-state index contributed by atoms with van der Waals surface area (Å²) < 4.78 is 0. The smallest absolute Gasteiger partial charge is 0.0798 e. The number of H-pyrrole nitrogens is 1. The molecule has 1 N–H and O–H groups in total. The van der Waals surface area contributed by atoms with Crippen molar-refractivity contribution in [2.45, 2.75) is 45.7 Å². The average molecular weight is 276 g/mol. The number of rotatable bonds is 3. The Morgan fingerprint density at radius 3 is 3.00 bits per heavy atom. The number of hydrogen-bond acceptors (Lipinski definition) is 4. The average Bonchev–Trinajstić information content (AvgIpc) is 3.00. The number of thiazole rings is 1. The molecule has 0 radical (unpaired) electrons. The van der Waals surface area contributed by atoms with Crippen LogP contribution in [-0.2, 0) is 6.54 Å². The molecule has 0 bridgehead atoms. The van der Waals surface area contributed by atoms with Gasteiger partial charge >= 0.3 is 0 Å². The van der Waals surface area contributed by atoms with E-state index in [-0.39, 0.29) is 0 Å². The fourth-order valence-electron chi connectivity index (χ4n) is 2.86. The van der Waals surface area contributed by atoms with Crippen molar-refractivity contribution in [2.24, 2.45) is 0 Å².